The highest BCUT2D eigenvalue weighted by atomic mass is 19.4. The van der Waals surface area contributed by atoms with Crippen molar-refractivity contribution in [2.75, 3.05) is 10.2 Å². The largest absolute Gasteiger partial charge is 0.416 e. The summed E-state index contributed by atoms with van der Waals surface area (Å²) < 4.78 is 40.5. The van der Waals surface area contributed by atoms with Crippen molar-refractivity contribution in [1.29, 1.82) is 0 Å². The standard InChI is InChI=1S/C33H27F3N2O3/c1-18(27-30(40)21-8-4-5-9-22(21)31(27)41)38-25-11-7-6-10-23(25)37-24-16-32(2,3)17-26(39)28(24)29(38)19-12-14-20(15-13-19)33(34,35)36/h4-15,29,37H,16-17H2,1-3H3/t29-/m0/s1. The number of alkyl halides is 3. The van der Waals surface area contributed by atoms with Crippen LogP contribution in [0.2, 0.25) is 0 Å². The SMILES string of the molecule is CC(=C1C(=O)c2ccccc2C1=O)N1c2ccccc2NC2=C(C(=O)CC(C)(C)C2)[C@@H]1c1ccc(C(F)(F)F)cc1. The lowest BCUT2D eigenvalue weighted by atomic mass is 9.73. The van der Waals surface area contributed by atoms with Crippen molar-refractivity contribution in [2.45, 2.75) is 45.8 Å². The molecule has 3 aromatic carbocycles. The molecule has 1 N–H and O–H groups in total. The van der Waals surface area contributed by atoms with Crippen molar-refractivity contribution in [3.05, 3.63) is 118 Å². The van der Waals surface area contributed by atoms with Gasteiger partial charge in [0.05, 0.1) is 28.6 Å². The summed E-state index contributed by atoms with van der Waals surface area (Å²) in [4.78, 5) is 42.9. The van der Waals surface area contributed by atoms with Crippen molar-refractivity contribution in [3.63, 3.8) is 0 Å². The molecular formula is C33H27F3N2O3. The molecule has 3 aliphatic rings. The summed E-state index contributed by atoms with van der Waals surface area (Å²) in [6.45, 7) is 5.66. The zero-order valence-electron chi connectivity index (χ0n) is 22.7. The highest BCUT2D eigenvalue weighted by Crippen LogP contribution is 2.50. The maximum absolute atomic E-state index is 13.9. The average molecular weight is 557 g/mol. The number of nitrogens with zero attached hydrogens (tertiary/aromatic N) is 1. The van der Waals surface area contributed by atoms with Crippen LogP contribution >= 0.6 is 0 Å². The Labute approximate surface area is 235 Å². The fraction of sp³-hybridized carbons (Fsp3) is 0.242. The Morgan fingerprint density at radius 2 is 1.44 bits per heavy atom. The molecule has 1 heterocycles. The number of nitrogens with one attached hydrogen (secondary N) is 1. The number of halogens is 3. The van der Waals surface area contributed by atoms with Gasteiger partial charge in [-0.25, -0.2) is 0 Å². The van der Waals surface area contributed by atoms with Crippen molar-refractivity contribution in [2.24, 2.45) is 5.41 Å². The van der Waals surface area contributed by atoms with Crippen molar-refractivity contribution in [1.82, 2.24) is 0 Å². The molecule has 0 unspecified atom stereocenters. The van der Waals surface area contributed by atoms with E-state index in [1.54, 1.807) is 42.2 Å². The minimum atomic E-state index is -4.53. The molecule has 0 spiro atoms. The molecule has 3 aromatic rings. The summed E-state index contributed by atoms with van der Waals surface area (Å²) in [5, 5.41) is 3.44. The van der Waals surface area contributed by atoms with Crippen LogP contribution in [0, 0.1) is 5.41 Å². The van der Waals surface area contributed by atoms with Gasteiger partial charge in [-0.2, -0.15) is 13.2 Å². The van der Waals surface area contributed by atoms with E-state index in [-0.39, 0.29) is 23.2 Å². The molecule has 41 heavy (non-hydrogen) atoms. The van der Waals surface area contributed by atoms with Crippen LogP contribution < -0.4 is 10.2 Å². The summed E-state index contributed by atoms with van der Waals surface area (Å²) >= 11 is 0. The number of ketones is 3. The van der Waals surface area contributed by atoms with Crippen LogP contribution in [0.5, 0.6) is 0 Å². The number of rotatable bonds is 2. The van der Waals surface area contributed by atoms with E-state index >= 15 is 0 Å². The quantitative estimate of drug-likeness (QED) is 0.259. The van der Waals surface area contributed by atoms with Crippen LogP contribution in [0.3, 0.4) is 0 Å². The maximum Gasteiger partial charge on any atom is 0.416 e. The first-order valence-corrected chi connectivity index (χ1v) is 13.4. The van der Waals surface area contributed by atoms with Gasteiger partial charge in [-0.05, 0) is 48.6 Å². The highest BCUT2D eigenvalue weighted by molar-refractivity contribution is 6.40. The summed E-state index contributed by atoms with van der Waals surface area (Å²) in [7, 11) is 0. The van der Waals surface area contributed by atoms with Gasteiger partial charge >= 0.3 is 6.18 Å². The second-order valence-corrected chi connectivity index (χ2v) is 11.5. The second kappa shape index (κ2) is 9.29. The molecule has 6 rings (SSSR count). The number of benzene rings is 3. The van der Waals surface area contributed by atoms with Crippen LogP contribution in [-0.2, 0) is 11.0 Å². The Bertz CT molecular complexity index is 1660. The first-order chi connectivity index (χ1) is 19.4. The van der Waals surface area contributed by atoms with E-state index in [0.717, 1.165) is 12.1 Å². The Kier molecular flexibility index (Phi) is 6.06. The first-order valence-electron chi connectivity index (χ1n) is 13.4. The lowest BCUT2D eigenvalue weighted by molar-refractivity contribution is -0.137. The molecule has 0 saturated heterocycles. The topological polar surface area (TPSA) is 66.5 Å². The molecule has 0 bridgehead atoms. The van der Waals surface area contributed by atoms with E-state index in [2.05, 4.69) is 5.32 Å². The Morgan fingerprint density at radius 3 is 2.05 bits per heavy atom. The highest BCUT2D eigenvalue weighted by Gasteiger charge is 2.44. The maximum atomic E-state index is 13.9. The number of Topliss-reactive ketones (excluding diaryl/α,β-unsaturated/α-hetero) is 3. The van der Waals surface area contributed by atoms with Gasteiger partial charge in [0, 0.05) is 34.5 Å². The zero-order chi connectivity index (χ0) is 29.3. The van der Waals surface area contributed by atoms with E-state index in [4.69, 9.17) is 0 Å². The van der Waals surface area contributed by atoms with E-state index in [0.29, 0.717) is 51.5 Å². The zero-order valence-corrected chi connectivity index (χ0v) is 22.7. The molecule has 0 aromatic heterocycles. The van der Waals surface area contributed by atoms with Crippen molar-refractivity contribution < 1.29 is 27.6 Å². The van der Waals surface area contributed by atoms with Gasteiger partial charge in [-0.1, -0.05) is 62.4 Å². The molecule has 208 valence electrons. The summed E-state index contributed by atoms with van der Waals surface area (Å²) in [5.74, 6) is -0.986. The molecule has 8 heteroatoms. The van der Waals surface area contributed by atoms with Gasteiger partial charge in [0.2, 0.25) is 0 Å². The molecule has 2 aliphatic carbocycles. The number of carbonyl (C=O) groups excluding carboxylic acids is 3. The fourth-order valence-electron chi connectivity index (χ4n) is 6.23. The van der Waals surface area contributed by atoms with Crippen molar-refractivity contribution in [3.8, 4) is 0 Å². The predicted octanol–water partition coefficient (Wildman–Crippen LogP) is 7.68. The Hall–Kier alpha value is -4.46. The normalized spacial score (nSPS) is 19.9. The number of hydrogen-bond acceptors (Lipinski definition) is 5. The number of hydrogen-bond donors (Lipinski definition) is 1. The average Bonchev–Trinajstić information content (AvgIpc) is 3.07. The number of anilines is 2. The molecular weight excluding hydrogens is 529 g/mol. The molecule has 0 amide bonds. The van der Waals surface area contributed by atoms with Gasteiger partial charge in [0.25, 0.3) is 0 Å². The molecule has 1 atom stereocenters. The Morgan fingerprint density at radius 1 is 0.854 bits per heavy atom. The lowest BCUT2D eigenvalue weighted by Crippen LogP contribution is -2.36. The summed E-state index contributed by atoms with van der Waals surface area (Å²) in [5.41, 5.74) is 2.53. The van der Waals surface area contributed by atoms with Gasteiger partial charge in [0.1, 0.15) is 0 Å². The van der Waals surface area contributed by atoms with Crippen molar-refractivity contribution >= 4 is 28.7 Å². The molecule has 1 aliphatic heterocycles. The summed E-state index contributed by atoms with van der Waals surface area (Å²) in [6.07, 6.45) is -3.75. The minimum Gasteiger partial charge on any atom is -0.357 e. The first kappa shape index (κ1) is 26.7. The lowest BCUT2D eigenvalue weighted by Gasteiger charge is -2.38. The van der Waals surface area contributed by atoms with Gasteiger partial charge in [0.15, 0.2) is 17.3 Å². The number of fused-ring (bicyclic) bond motifs is 2. The smallest absolute Gasteiger partial charge is 0.357 e. The fourth-order valence-corrected chi connectivity index (χ4v) is 6.23. The van der Waals surface area contributed by atoms with Crippen LogP contribution in [0.4, 0.5) is 24.5 Å². The van der Waals surface area contributed by atoms with Gasteiger partial charge < -0.3 is 10.2 Å². The van der Waals surface area contributed by atoms with Gasteiger partial charge in [-0.3, -0.25) is 14.4 Å². The van der Waals surface area contributed by atoms with Crippen LogP contribution in [0.15, 0.2) is 95.3 Å². The van der Waals surface area contributed by atoms with Crippen LogP contribution in [-0.4, -0.2) is 17.3 Å². The molecule has 5 nitrogen and oxygen atoms in total. The van der Waals surface area contributed by atoms with E-state index in [1.807, 2.05) is 32.0 Å². The monoisotopic (exact) mass is 556 g/mol. The third kappa shape index (κ3) is 4.38. The van der Waals surface area contributed by atoms with Gasteiger partial charge in [-0.15, -0.1) is 0 Å². The molecule has 0 fully saturated rings. The van der Waals surface area contributed by atoms with E-state index in [1.165, 1.54) is 12.1 Å². The van der Waals surface area contributed by atoms with Crippen LogP contribution in [0.1, 0.15) is 71.5 Å². The number of carbonyl (C=O) groups is 3. The number of allylic oxidation sites excluding steroid dienone is 3. The summed E-state index contributed by atoms with van der Waals surface area (Å²) in [6, 6.07) is 17.8. The molecule has 0 radical (unpaired) electrons. The van der Waals surface area contributed by atoms with E-state index < -0.39 is 29.3 Å². The third-order valence-electron chi connectivity index (χ3n) is 8.05. The second-order valence-electron chi connectivity index (χ2n) is 11.5. The predicted molar refractivity (Wildman–Crippen MR) is 150 cm³/mol. The Balaban J connectivity index is 1.64. The van der Waals surface area contributed by atoms with Crippen LogP contribution in [0.25, 0.3) is 0 Å². The minimum absolute atomic E-state index is 0.0226. The molecule has 0 saturated carbocycles. The third-order valence-corrected chi connectivity index (χ3v) is 8.05. The van der Waals surface area contributed by atoms with E-state index in [9.17, 15) is 27.6 Å². The number of para-hydroxylation sites is 2.